The second-order valence-electron chi connectivity index (χ2n) is 6.71. The van der Waals surface area contributed by atoms with Gasteiger partial charge in [-0.15, -0.1) is 0 Å². The number of benzene rings is 2. The molecule has 0 aromatic heterocycles. The summed E-state index contributed by atoms with van der Waals surface area (Å²) in [7, 11) is 0. The molecule has 1 saturated heterocycles. The maximum atomic E-state index is 12.8. The summed E-state index contributed by atoms with van der Waals surface area (Å²) in [5.41, 5.74) is 3.99. The summed E-state index contributed by atoms with van der Waals surface area (Å²) in [6.07, 6.45) is 1.75. The first kappa shape index (κ1) is 16.4. The molecule has 7 heteroatoms. The van der Waals surface area contributed by atoms with Gasteiger partial charge in [0.25, 0.3) is 5.56 Å². The minimum Gasteiger partial charge on any atom is -0.369 e. The van der Waals surface area contributed by atoms with Crippen molar-refractivity contribution in [1.82, 2.24) is 20.1 Å². The van der Waals surface area contributed by atoms with Crippen LogP contribution in [0.2, 0.25) is 5.02 Å². The molecule has 27 heavy (non-hydrogen) atoms. The Kier molecular flexibility index (Phi) is 3.88. The van der Waals surface area contributed by atoms with Crippen molar-refractivity contribution in [1.29, 1.82) is 0 Å². The van der Waals surface area contributed by atoms with E-state index in [4.69, 9.17) is 11.6 Å². The van der Waals surface area contributed by atoms with Gasteiger partial charge in [-0.2, -0.15) is 9.78 Å². The minimum absolute atomic E-state index is 0.142. The Morgan fingerprint density at radius 2 is 1.74 bits per heavy atom. The molecule has 2 N–H and O–H groups in total. The van der Waals surface area contributed by atoms with Gasteiger partial charge in [-0.25, -0.2) is 0 Å². The number of halogens is 1. The van der Waals surface area contributed by atoms with Gasteiger partial charge in [-0.1, -0.05) is 11.6 Å². The van der Waals surface area contributed by atoms with Crippen molar-refractivity contribution in [2.45, 2.75) is 0 Å². The van der Waals surface area contributed by atoms with E-state index >= 15 is 0 Å². The van der Waals surface area contributed by atoms with Gasteiger partial charge in [0, 0.05) is 54.0 Å². The molecule has 0 saturated carbocycles. The summed E-state index contributed by atoms with van der Waals surface area (Å²) in [5.74, 6) is 0. The molecule has 0 spiro atoms. The number of aromatic amines is 1. The second kappa shape index (κ2) is 6.40. The standard InChI is InChI=1S/C20H18ClN5O/c21-13-1-3-14(4-2-13)26-20(27)17-12-23-18-11-15(25-9-7-22-8-10-25)5-6-16(18)19(17)24-26/h1-6,11-12,22-23H,7-10H2. The zero-order valence-corrected chi connectivity index (χ0v) is 15.3. The van der Waals surface area contributed by atoms with Gasteiger partial charge in [-0.05, 0) is 42.5 Å². The molecule has 136 valence electrons. The Balaban J connectivity index is 1.64. The lowest BCUT2D eigenvalue weighted by Crippen LogP contribution is -2.43. The first-order chi connectivity index (χ1) is 13.2. The number of nitrogens with one attached hydrogen (secondary N) is 2. The highest BCUT2D eigenvalue weighted by molar-refractivity contribution is 6.30. The van der Waals surface area contributed by atoms with Crippen molar-refractivity contribution in [2.24, 2.45) is 0 Å². The summed E-state index contributed by atoms with van der Waals surface area (Å²) < 4.78 is 1.43. The molecule has 3 aliphatic rings. The van der Waals surface area contributed by atoms with Gasteiger partial charge in [0.2, 0.25) is 0 Å². The number of fused-ring (bicyclic) bond motifs is 3. The maximum absolute atomic E-state index is 12.8. The van der Waals surface area contributed by atoms with Crippen LogP contribution in [0.1, 0.15) is 0 Å². The van der Waals surface area contributed by atoms with Crippen LogP contribution in [0.3, 0.4) is 0 Å². The molecule has 3 aliphatic heterocycles. The predicted molar refractivity (Wildman–Crippen MR) is 108 cm³/mol. The molecule has 0 aliphatic carbocycles. The van der Waals surface area contributed by atoms with E-state index in [1.165, 1.54) is 10.4 Å². The van der Waals surface area contributed by atoms with Crippen LogP contribution in [0.15, 0.2) is 53.5 Å². The van der Waals surface area contributed by atoms with E-state index in [0.717, 1.165) is 37.1 Å². The normalized spacial score (nSPS) is 14.9. The number of nitrogens with zero attached hydrogens (tertiary/aromatic N) is 3. The predicted octanol–water partition coefficient (Wildman–Crippen LogP) is 2.88. The van der Waals surface area contributed by atoms with Gasteiger partial charge in [0.15, 0.2) is 0 Å². The molecule has 0 radical (unpaired) electrons. The van der Waals surface area contributed by atoms with Crippen molar-refractivity contribution < 1.29 is 0 Å². The van der Waals surface area contributed by atoms with Crippen LogP contribution in [0, 0.1) is 0 Å². The average molecular weight is 380 g/mol. The fourth-order valence-corrected chi connectivity index (χ4v) is 3.75. The highest BCUT2D eigenvalue weighted by atomic mass is 35.5. The third-order valence-electron chi connectivity index (χ3n) is 5.06. The lowest BCUT2D eigenvalue weighted by atomic mass is 10.1. The van der Waals surface area contributed by atoms with Crippen molar-refractivity contribution in [3.05, 3.63) is 64.0 Å². The van der Waals surface area contributed by atoms with E-state index in [1.54, 1.807) is 30.5 Å². The Bertz CT molecular complexity index is 1140. The highest BCUT2D eigenvalue weighted by Crippen LogP contribution is 2.29. The Morgan fingerprint density at radius 3 is 2.52 bits per heavy atom. The molecule has 0 unspecified atom stereocenters. The molecule has 2 aromatic rings. The van der Waals surface area contributed by atoms with Crippen LogP contribution in [-0.4, -0.2) is 40.9 Å². The number of piperazine rings is 1. The van der Waals surface area contributed by atoms with Gasteiger partial charge >= 0.3 is 0 Å². The van der Waals surface area contributed by atoms with Gasteiger partial charge in [-0.3, -0.25) is 4.79 Å². The van der Waals surface area contributed by atoms with Gasteiger partial charge in [0.1, 0.15) is 5.69 Å². The molecule has 6 nitrogen and oxygen atoms in total. The molecule has 1 fully saturated rings. The van der Waals surface area contributed by atoms with Crippen LogP contribution < -0.4 is 15.8 Å². The molecule has 0 amide bonds. The Labute approximate surface area is 160 Å². The van der Waals surface area contributed by atoms with Crippen LogP contribution in [0.4, 0.5) is 5.69 Å². The third-order valence-corrected chi connectivity index (χ3v) is 5.31. The highest BCUT2D eigenvalue weighted by Gasteiger charge is 2.20. The summed E-state index contributed by atoms with van der Waals surface area (Å²) in [4.78, 5) is 18.4. The minimum atomic E-state index is -0.142. The largest absolute Gasteiger partial charge is 0.369 e. The Hall–Kier alpha value is -2.83. The Morgan fingerprint density at radius 1 is 1.00 bits per heavy atom. The smallest absolute Gasteiger partial charge is 0.282 e. The fraction of sp³-hybridized carbons (Fsp3) is 0.200. The quantitative estimate of drug-likeness (QED) is 0.562. The molecule has 3 heterocycles. The third kappa shape index (κ3) is 2.78. The molecular formula is C20H18ClN5O. The fourth-order valence-electron chi connectivity index (χ4n) is 3.63. The van der Waals surface area contributed by atoms with E-state index in [2.05, 4.69) is 32.4 Å². The summed E-state index contributed by atoms with van der Waals surface area (Å²) in [6, 6.07) is 13.4. The van der Waals surface area contributed by atoms with E-state index in [0.29, 0.717) is 22.0 Å². The monoisotopic (exact) mass is 379 g/mol. The summed E-state index contributed by atoms with van der Waals surface area (Å²) in [5, 5.41) is 9.54. The molecule has 5 rings (SSSR count). The molecule has 0 bridgehead atoms. The first-order valence-corrected chi connectivity index (χ1v) is 9.34. The molecule has 2 aromatic carbocycles. The van der Waals surface area contributed by atoms with E-state index in [1.807, 2.05) is 6.07 Å². The average Bonchev–Trinajstić information content (AvgIpc) is 3.06. The van der Waals surface area contributed by atoms with E-state index in [9.17, 15) is 4.79 Å². The van der Waals surface area contributed by atoms with Crippen LogP contribution in [0.5, 0.6) is 0 Å². The number of pyridine rings is 1. The first-order valence-electron chi connectivity index (χ1n) is 8.96. The van der Waals surface area contributed by atoms with Crippen LogP contribution in [-0.2, 0) is 0 Å². The van der Waals surface area contributed by atoms with Crippen LogP contribution in [0.25, 0.3) is 27.8 Å². The number of aromatic nitrogens is 3. The number of anilines is 1. The summed E-state index contributed by atoms with van der Waals surface area (Å²) >= 11 is 5.95. The zero-order valence-electron chi connectivity index (χ0n) is 14.6. The summed E-state index contributed by atoms with van der Waals surface area (Å²) in [6.45, 7) is 3.96. The lowest BCUT2D eigenvalue weighted by Gasteiger charge is -2.29. The van der Waals surface area contributed by atoms with Gasteiger partial charge in [0.05, 0.1) is 11.3 Å². The van der Waals surface area contributed by atoms with Gasteiger partial charge < -0.3 is 15.2 Å². The van der Waals surface area contributed by atoms with Crippen molar-refractivity contribution in [3.63, 3.8) is 0 Å². The van der Waals surface area contributed by atoms with Crippen LogP contribution >= 0.6 is 11.6 Å². The number of hydrogen-bond acceptors (Lipinski definition) is 4. The lowest BCUT2D eigenvalue weighted by molar-refractivity contribution is 0.589. The number of H-pyrrole nitrogens is 1. The maximum Gasteiger partial charge on any atom is 0.282 e. The van der Waals surface area contributed by atoms with E-state index in [-0.39, 0.29) is 5.56 Å². The van der Waals surface area contributed by atoms with Crippen molar-refractivity contribution in [2.75, 3.05) is 31.1 Å². The SMILES string of the molecule is O=c1c2c[nH]c3cc(N4CCNCC4)ccc3c-2nn1-c1ccc(Cl)cc1. The molecule has 0 atom stereocenters. The topological polar surface area (TPSA) is 66.0 Å². The zero-order chi connectivity index (χ0) is 18.4. The number of hydrogen-bond donors (Lipinski definition) is 2. The second-order valence-corrected chi connectivity index (χ2v) is 7.15. The van der Waals surface area contributed by atoms with Crippen molar-refractivity contribution in [3.8, 4) is 16.9 Å². The molecular weight excluding hydrogens is 362 g/mol. The number of rotatable bonds is 2. The van der Waals surface area contributed by atoms with E-state index < -0.39 is 0 Å². The van der Waals surface area contributed by atoms with Crippen molar-refractivity contribution >= 4 is 28.2 Å².